The average Bonchev–Trinajstić information content (AvgIpc) is 2.37. The molecule has 1 heterocycles. The van der Waals surface area contributed by atoms with Gasteiger partial charge in [-0.05, 0) is 43.9 Å². The molecular weight excluding hydrogens is 226 g/mol. The van der Waals surface area contributed by atoms with E-state index in [0.717, 1.165) is 25.9 Å². The zero-order valence-corrected chi connectivity index (χ0v) is 11.2. The third-order valence-electron chi connectivity index (χ3n) is 3.63. The monoisotopic (exact) mass is 249 g/mol. The van der Waals surface area contributed by atoms with Crippen molar-refractivity contribution in [2.45, 2.75) is 51.3 Å². The molecule has 3 nitrogen and oxygen atoms in total. The molecule has 0 radical (unpaired) electrons. The highest BCUT2D eigenvalue weighted by Gasteiger charge is 2.22. The molecule has 0 bridgehead atoms. The number of benzene rings is 1. The lowest BCUT2D eigenvalue weighted by Gasteiger charge is -2.31. The van der Waals surface area contributed by atoms with Crippen molar-refractivity contribution in [1.29, 1.82) is 0 Å². The van der Waals surface area contributed by atoms with Gasteiger partial charge in [-0.25, -0.2) is 0 Å². The SMILES string of the molecule is CCC(NC1CCOC(C)C1)c1ccc(O)cc1. The maximum Gasteiger partial charge on any atom is 0.115 e. The van der Waals surface area contributed by atoms with Crippen LogP contribution in [0.2, 0.25) is 0 Å². The smallest absolute Gasteiger partial charge is 0.115 e. The molecule has 2 N–H and O–H groups in total. The molecule has 0 spiro atoms. The van der Waals surface area contributed by atoms with Crippen LogP contribution in [0, 0.1) is 0 Å². The number of nitrogens with one attached hydrogen (secondary N) is 1. The van der Waals surface area contributed by atoms with Crippen LogP contribution in [0.3, 0.4) is 0 Å². The molecule has 1 saturated heterocycles. The lowest BCUT2D eigenvalue weighted by atomic mass is 9.99. The third kappa shape index (κ3) is 3.47. The van der Waals surface area contributed by atoms with E-state index >= 15 is 0 Å². The molecule has 3 heteroatoms. The average molecular weight is 249 g/mol. The van der Waals surface area contributed by atoms with Crippen LogP contribution in [0.5, 0.6) is 5.75 Å². The summed E-state index contributed by atoms with van der Waals surface area (Å²) in [5.41, 5.74) is 1.24. The summed E-state index contributed by atoms with van der Waals surface area (Å²) in [5.74, 6) is 0.327. The molecule has 0 aromatic heterocycles. The standard InChI is InChI=1S/C15H23NO2/c1-3-15(12-4-6-14(17)7-5-12)16-13-8-9-18-11(2)10-13/h4-7,11,13,15-17H,3,8-10H2,1-2H3. The van der Waals surface area contributed by atoms with E-state index in [9.17, 15) is 5.11 Å². The summed E-state index contributed by atoms with van der Waals surface area (Å²) in [6, 6.07) is 8.41. The van der Waals surface area contributed by atoms with E-state index in [4.69, 9.17) is 4.74 Å². The third-order valence-corrected chi connectivity index (χ3v) is 3.63. The maximum atomic E-state index is 9.33. The fourth-order valence-electron chi connectivity index (χ4n) is 2.59. The van der Waals surface area contributed by atoms with Gasteiger partial charge in [-0.15, -0.1) is 0 Å². The molecule has 3 unspecified atom stereocenters. The first kappa shape index (κ1) is 13.4. The van der Waals surface area contributed by atoms with Gasteiger partial charge in [0.05, 0.1) is 6.10 Å². The lowest BCUT2D eigenvalue weighted by molar-refractivity contribution is 0.0111. The van der Waals surface area contributed by atoms with Gasteiger partial charge in [-0.1, -0.05) is 19.1 Å². The number of phenolic OH excluding ortho intramolecular Hbond substituents is 1. The van der Waals surface area contributed by atoms with E-state index in [1.54, 1.807) is 12.1 Å². The van der Waals surface area contributed by atoms with Crippen molar-refractivity contribution in [3.8, 4) is 5.75 Å². The topological polar surface area (TPSA) is 41.5 Å². The Labute approximate surface area is 109 Å². The predicted octanol–water partition coefficient (Wildman–Crippen LogP) is 3.00. The minimum Gasteiger partial charge on any atom is -0.508 e. The molecule has 0 amide bonds. The van der Waals surface area contributed by atoms with Gasteiger partial charge in [-0.3, -0.25) is 0 Å². The van der Waals surface area contributed by atoms with E-state index in [1.807, 2.05) is 12.1 Å². The van der Waals surface area contributed by atoms with Crippen LogP contribution in [-0.2, 0) is 4.74 Å². The number of ether oxygens (including phenoxy) is 1. The molecule has 1 aliphatic rings. The van der Waals surface area contributed by atoms with Gasteiger partial charge in [0.2, 0.25) is 0 Å². The first-order valence-electron chi connectivity index (χ1n) is 6.85. The number of aromatic hydroxyl groups is 1. The number of phenols is 1. The van der Waals surface area contributed by atoms with Crippen molar-refractivity contribution in [3.63, 3.8) is 0 Å². The van der Waals surface area contributed by atoms with E-state index in [-0.39, 0.29) is 0 Å². The first-order chi connectivity index (χ1) is 8.69. The van der Waals surface area contributed by atoms with Gasteiger partial charge in [-0.2, -0.15) is 0 Å². The zero-order valence-electron chi connectivity index (χ0n) is 11.2. The molecule has 1 aromatic carbocycles. The summed E-state index contributed by atoms with van der Waals surface area (Å²) < 4.78 is 5.57. The van der Waals surface area contributed by atoms with Gasteiger partial charge in [0.25, 0.3) is 0 Å². The largest absolute Gasteiger partial charge is 0.508 e. The lowest BCUT2D eigenvalue weighted by Crippen LogP contribution is -2.39. The summed E-state index contributed by atoms with van der Waals surface area (Å²) >= 11 is 0. The Morgan fingerprint density at radius 3 is 2.72 bits per heavy atom. The van der Waals surface area contributed by atoms with Crippen molar-refractivity contribution in [2.75, 3.05) is 6.61 Å². The summed E-state index contributed by atoms with van der Waals surface area (Å²) in [6.45, 7) is 5.17. The Morgan fingerprint density at radius 2 is 2.11 bits per heavy atom. The van der Waals surface area contributed by atoms with Crippen molar-refractivity contribution >= 4 is 0 Å². The van der Waals surface area contributed by atoms with Gasteiger partial charge in [0.1, 0.15) is 5.75 Å². The highest BCUT2D eigenvalue weighted by atomic mass is 16.5. The number of hydrogen-bond acceptors (Lipinski definition) is 3. The second kappa shape index (κ2) is 6.21. The first-order valence-corrected chi connectivity index (χ1v) is 6.85. The van der Waals surface area contributed by atoms with Crippen LogP contribution in [0.1, 0.15) is 44.7 Å². The van der Waals surface area contributed by atoms with E-state index in [1.165, 1.54) is 5.56 Å². The molecule has 0 saturated carbocycles. The van der Waals surface area contributed by atoms with Crippen molar-refractivity contribution in [2.24, 2.45) is 0 Å². The fraction of sp³-hybridized carbons (Fsp3) is 0.600. The van der Waals surface area contributed by atoms with E-state index in [0.29, 0.717) is 23.9 Å². The summed E-state index contributed by atoms with van der Waals surface area (Å²) in [6.07, 6.45) is 3.57. The van der Waals surface area contributed by atoms with Gasteiger partial charge in [0.15, 0.2) is 0 Å². The molecule has 1 aromatic rings. The minimum absolute atomic E-state index is 0.327. The second-order valence-corrected chi connectivity index (χ2v) is 5.12. The maximum absolute atomic E-state index is 9.33. The minimum atomic E-state index is 0.327. The Hall–Kier alpha value is -1.06. The highest BCUT2D eigenvalue weighted by molar-refractivity contribution is 5.28. The Morgan fingerprint density at radius 1 is 1.39 bits per heavy atom. The van der Waals surface area contributed by atoms with Crippen LogP contribution >= 0.6 is 0 Å². The quantitative estimate of drug-likeness (QED) is 0.862. The zero-order chi connectivity index (χ0) is 13.0. The summed E-state index contributed by atoms with van der Waals surface area (Å²) in [7, 11) is 0. The van der Waals surface area contributed by atoms with Crippen LogP contribution in [-0.4, -0.2) is 23.9 Å². The number of hydrogen-bond donors (Lipinski definition) is 2. The van der Waals surface area contributed by atoms with Crippen LogP contribution in [0.15, 0.2) is 24.3 Å². The van der Waals surface area contributed by atoms with E-state index in [2.05, 4.69) is 19.2 Å². The van der Waals surface area contributed by atoms with Gasteiger partial charge in [0, 0.05) is 18.7 Å². The Kier molecular flexibility index (Phi) is 4.61. The highest BCUT2D eigenvalue weighted by Crippen LogP contribution is 2.23. The Balaban J connectivity index is 1.98. The second-order valence-electron chi connectivity index (χ2n) is 5.12. The van der Waals surface area contributed by atoms with Gasteiger partial charge < -0.3 is 15.2 Å². The fourth-order valence-corrected chi connectivity index (χ4v) is 2.59. The molecule has 0 aliphatic carbocycles. The van der Waals surface area contributed by atoms with Gasteiger partial charge >= 0.3 is 0 Å². The molecule has 1 aliphatic heterocycles. The van der Waals surface area contributed by atoms with Crippen LogP contribution in [0.25, 0.3) is 0 Å². The van der Waals surface area contributed by atoms with E-state index < -0.39 is 0 Å². The molecule has 2 rings (SSSR count). The van der Waals surface area contributed by atoms with Crippen molar-refractivity contribution < 1.29 is 9.84 Å². The number of rotatable bonds is 4. The Bertz CT molecular complexity index is 363. The van der Waals surface area contributed by atoms with Crippen molar-refractivity contribution in [3.05, 3.63) is 29.8 Å². The van der Waals surface area contributed by atoms with Crippen LogP contribution < -0.4 is 5.32 Å². The molecule has 3 atom stereocenters. The molecule has 1 fully saturated rings. The predicted molar refractivity (Wildman–Crippen MR) is 72.7 cm³/mol. The summed E-state index contributed by atoms with van der Waals surface area (Å²) in [4.78, 5) is 0. The molecule has 100 valence electrons. The van der Waals surface area contributed by atoms with Crippen LogP contribution in [0.4, 0.5) is 0 Å². The molecule has 18 heavy (non-hydrogen) atoms. The molecular formula is C15H23NO2. The summed E-state index contributed by atoms with van der Waals surface area (Å²) in [5, 5.41) is 13.0. The normalized spacial score (nSPS) is 25.9. The van der Waals surface area contributed by atoms with Crippen molar-refractivity contribution in [1.82, 2.24) is 5.32 Å².